The maximum absolute atomic E-state index is 12.6. The minimum atomic E-state index is -0.615. The molecule has 0 fully saturated rings. The number of carbonyl (C=O) groups is 1. The Morgan fingerprint density at radius 2 is 1.92 bits per heavy atom. The Kier molecular flexibility index (Phi) is 7.40. The Balaban J connectivity index is 3.72. The summed E-state index contributed by atoms with van der Waals surface area (Å²) >= 11 is 0. The van der Waals surface area contributed by atoms with Gasteiger partial charge in [-0.2, -0.15) is 5.26 Å². The highest BCUT2D eigenvalue weighted by molar-refractivity contribution is 6.04. The van der Waals surface area contributed by atoms with E-state index in [2.05, 4.69) is 5.32 Å². The molecule has 0 aromatic heterocycles. The van der Waals surface area contributed by atoms with Crippen LogP contribution in [0.1, 0.15) is 19.4 Å². The van der Waals surface area contributed by atoms with E-state index >= 15 is 0 Å². The van der Waals surface area contributed by atoms with Gasteiger partial charge < -0.3 is 19.7 Å². The van der Waals surface area contributed by atoms with Crippen LogP contribution in [-0.4, -0.2) is 50.1 Å². The maximum Gasteiger partial charge on any atom is 0.315 e. The van der Waals surface area contributed by atoms with Crippen molar-refractivity contribution in [1.82, 2.24) is 10.2 Å². The predicted octanol–water partition coefficient (Wildman–Crippen LogP) is 1.93. The normalized spacial score (nSPS) is 11.1. The molecule has 26 heavy (non-hydrogen) atoms. The van der Waals surface area contributed by atoms with Gasteiger partial charge in [0.25, 0.3) is 5.91 Å². The number of nitrogens with one attached hydrogen (secondary N) is 1. The number of amides is 1. The van der Waals surface area contributed by atoms with Crippen molar-refractivity contribution >= 4 is 17.3 Å². The SMILES string of the molecule is CCN(CC)C(=O)C(C#N)=C(NC)c1cc(OC)c(OC)c([N+](=O)[O-])c1. The Hall–Kier alpha value is -3.28. The third-order valence-electron chi connectivity index (χ3n) is 3.82. The van der Waals surface area contributed by atoms with Crippen molar-refractivity contribution in [2.24, 2.45) is 0 Å². The lowest BCUT2D eigenvalue weighted by Crippen LogP contribution is -2.32. The number of ether oxygens (including phenoxy) is 2. The zero-order valence-electron chi connectivity index (χ0n) is 15.5. The molecule has 0 bridgehead atoms. The van der Waals surface area contributed by atoms with Crippen LogP contribution >= 0.6 is 0 Å². The number of nitro benzene ring substituents is 1. The van der Waals surface area contributed by atoms with E-state index in [1.165, 1.54) is 38.3 Å². The van der Waals surface area contributed by atoms with Gasteiger partial charge >= 0.3 is 5.69 Å². The van der Waals surface area contributed by atoms with Gasteiger partial charge in [0, 0.05) is 31.8 Å². The summed E-state index contributed by atoms with van der Waals surface area (Å²) in [7, 11) is 4.18. The van der Waals surface area contributed by atoms with E-state index in [0.717, 1.165) is 0 Å². The van der Waals surface area contributed by atoms with E-state index in [1.54, 1.807) is 13.8 Å². The summed E-state index contributed by atoms with van der Waals surface area (Å²) in [5, 5.41) is 23.7. The Morgan fingerprint density at radius 3 is 2.31 bits per heavy atom. The van der Waals surface area contributed by atoms with Crippen molar-refractivity contribution in [3.63, 3.8) is 0 Å². The average molecular weight is 362 g/mol. The van der Waals surface area contributed by atoms with Crippen LogP contribution in [0.3, 0.4) is 0 Å². The standard InChI is InChI=1S/C17H22N4O5/c1-6-20(7-2)17(22)12(10-18)15(19-3)11-8-13(21(23)24)16(26-5)14(9-11)25-4/h8-9,19H,6-7H2,1-5H3. The second-order valence-corrected chi connectivity index (χ2v) is 5.08. The first-order valence-electron chi connectivity index (χ1n) is 7.92. The van der Waals surface area contributed by atoms with E-state index in [0.29, 0.717) is 13.1 Å². The molecule has 0 atom stereocenters. The molecular weight excluding hydrogens is 340 g/mol. The third-order valence-corrected chi connectivity index (χ3v) is 3.82. The fraction of sp³-hybridized carbons (Fsp3) is 0.412. The number of carbonyl (C=O) groups excluding carboxylic acids is 1. The molecule has 1 rings (SSSR count). The Morgan fingerprint density at radius 1 is 1.31 bits per heavy atom. The van der Waals surface area contributed by atoms with Crippen LogP contribution in [0.25, 0.3) is 5.70 Å². The predicted molar refractivity (Wildman–Crippen MR) is 95.7 cm³/mol. The van der Waals surface area contributed by atoms with Gasteiger partial charge in [-0.1, -0.05) is 0 Å². The van der Waals surface area contributed by atoms with Crippen molar-refractivity contribution in [2.75, 3.05) is 34.4 Å². The number of methoxy groups -OCH3 is 2. The number of nitro groups is 1. The zero-order valence-corrected chi connectivity index (χ0v) is 15.5. The first kappa shape index (κ1) is 20.8. The lowest BCUT2D eigenvalue weighted by Gasteiger charge is -2.20. The summed E-state index contributed by atoms with van der Waals surface area (Å²) in [5.74, 6) is -0.374. The number of benzene rings is 1. The second-order valence-electron chi connectivity index (χ2n) is 5.08. The van der Waals surface area contributed by atoms with Crippen molar-refractivity contribution in [3.8, 4) is 17.6 Å². The molecule has 9 nitrogen and oxygen atoms in total. The lowest BCUT2D eigenvalue weighted by atomic mass is 10.0. The molecule has 9 heteroatoms. The molecule has 1 aromatic carbocycles. The molecular formula is C17H22N4O5. The molecule has 1 aromatic rings. The second kappa shape index (κ2) is 9.27. The molecule has 0 radical (unpaired) electrons. The number of likely N-dealkylation sites (N-methyl/N-ethyl adjacent to an activating group) is 1. The molecule has 0 heterocycles. The summed E-state index contributed by atoms with van der Waals surface area (Å²) in [4.78, 5) is 24.9. The maximum atomic E-state index is 12.6. The van der Waals surface area contributed by atoms with Gasteiger partial charge in [0.05, 0.1) is 24.8 Å². The molecule has 0 aliphatic carbocycles. The van der Waals surface area contributed by atoms with Crippen LogP contribution in [0.15, 0.2) is 17.7 Å². The largest absolute Gasteiger partial charge is 0.493 e. The van der Waals surface area contributed by atoms with Crippen molar-refractivity contribution in [1.29, 1.82) is 5.26 Å². The van der Waals surface area contributed by atoms with E-state index in [9.17, 15) is 20.2 Å². The van der Waals surface area contributed by atoms with Crippen molar-refractivity contribution in [3.05, 3.63) is 33.4 Å². The number of nitriles is 1. The first-order chi connectivity index (χ1) is 12.4. The molecule has 0 saturated heterocycles. The molecule has 1 N–H and O–H groups in total. The summed E-state index contributed by atoms with van der Waals surface area (Å²) < 4.78 is 10.2. The van der Waals surface area contributed by atoms with Crippen LogP contribution in [-0.2, 0) is 4.79 Å². The van der Waals surface area contributed by atoms with E-state index in [4.69, 9.17) is 9.47 Å². The monoisotopic (exact) mass is 362 g/mol. The minimum Gasteiger partial charge on any atom is -0.493 e. The molecule has 0 aliphatic rings. The molecule has 0 unspecified atom stereocenters. The molecule has 140 valence electrons. The fourth-order valence-corrected chi connectivity index (χ4v) is 2.52. The van der Waals surface area contributed by atoms with Gasteiger partial charge in [-0.05, 0) is 19.9 Å². The number of hydrogen-bond donors (Lipinski definition) is 1. The van der Waals surface area contributed by atoms with Crippen molar-refractivity contribution < 1.29 is 19.2 Å². The number of rotatable bonds is 8. The number of hydrogen-bond acceptors (Lipinski definition) is 7. The first-order valence-corrected chi connectivity index (χ1v) is 7.92. The van der Waals surface area contributed by atoms with Gasteiger partial charge in [0.1, 0.15) is 11.6 Å². The topological polar surface area (TPSA) is 118 Å². The summed E-state index contributed by atoms with van der Waals surface area (Å²) in [6.07, 6.45) is 0. The summed E-state index contributed by atoms with van der Waals surface area (Å²) in [6.45, 7) is 4.47. The van der Waals surface area contributed by atoms with Crippen molar-refractivity contribution in [2.45, 2.75) is 13.8 Å². The lowest BCUT2D eigenvalue weighted by molar-refractivity contribution is -0.385. The van der Waals surface area contributed by atoms with Crippen LogP contribution in [0.2, 0.25) is 0 Å². The van der Waals surface area contributed by atoms with Gasteiger partial charge in [0.15, 0.2) is 5.75 Å². The molecule has 1 amide bonds. The van der Waals surface area contributed by atoms with Gasteiger partial charge in [-0.3, -0.25) is 14.9 Å². The molecule has 0 aliphatic heterocycles. The fourth-order valence-electron chi connectivity index (χ4n) is 2.52. The number of nitrogens with zero attached hydrogens (tertiary/aromatic N) is 3. The zero-order chi connectivity index (χ0) is 19.9. The van der Waals surface area contributed by atoms with Gasteiger partial charge in [0.2, 0.25) is 5.75 Å². The van der Waals surface area contributed by atoms with Crippen LogP contribution in [0.5, 0.6) is 11.5 Å². The highest BCUT2D eigenvalue weighted by Gasteiger charge is 2.26. The Labute approximate surface area is 152 Å². The van der Waals surface area contributed by atoms with E-state index in [1.807, 2.05) is 6.07 Å². The summed E-state index contributed by atoms with van der Waals surface area (Å²) in [5.41, 5.74) is -0.0257. The van der Waals surface area contributed by atoms with E-state index < -0.39 is 10.8 Å². The highest BCUT2D eigenvalue weighted by Crippen LogP contribution is 2.39. The molecule has 0 spiro atoms. The van der Waals surface area contributed by atoms with Crippen LogP contribution < -0.4 is 14.8 Å². The highest BCUT2D eigenvalue weighted by atomic mass is 16.6. The minimum absolute atomic E-state index is 0.0368. The van der Waals surface area contributed by atoms with E-state index in [-0.39, 0.29) is 34.0 Å². The van der Waals surface area contributed by atoms with Crippen LogP contribution in [0.4, 0.5) is 5.69 Å². The third kappa shape index (κ3) is 4.03. The quantitative estimate of drug-likeness (QED) is 0.325. The summed E-state index contributed by atoms with van der Waals surface area (Å²) in [6, 6.07) is 4.61. The Bertz CT molecular complexity index is 763. The van der Waals surface area contributed by atoms with Gasteiger partial charge in [-0.15, -0.1) is 0 Å². The van der Waals surface area contributed by atoms with Gasteiger partial charge in [-0.25, -0.2) is 0 Å². The smallest absolute Gasteiger partial charge is 0.315 e. The molecule has 0 saturated carbocycles. The average Bonchev–Trinajstić information content (AvgIpc) is 2.65. The van der Waals surface area contributed by atoms with Crippen LogP contribution in [0, 0.1) is 21.4 Å².